The normalized spacial score (nSPS) is 20.7. The first-order valence-corrected chi connectivity index (χ1v) is 7.35. The van der Waals surface area contributed by atoms with Crippen molar-refractivity contribution in [2.45, 2.75) is 25.3 Å². The van der Waals surface area contributed by atoms with E-state index in [1.807, 2.05) is 0 Å². The molecule has 0 spiro atoms. The van der Waals surface area contributed by atoms with Crippen LogP contribution in [0.15, 0.2) is 48.1 Å². The summed E-state index contributed by atoms with van der Waals surface area (Å²) in [4.78, 5) is 36.8. The molecule has 1 aromatic rings. The van der Waals surface area contributed by atoms with Crippen LogP contribution in [0, 0.1) is 5.82 Å². The third-order valence-corrected chi connectivity index (χ3v) is 3.86. The fourth-order valence-corrected chi connectivity index (χ4v) is 2.67. The zero-order valence-corrected chi connectivity index (χ0v) is 12.3. The first-order valence-electron chi connectivity index (χ1n) is 7.35. The molecule has 0 bridgehead atoms. The van der Waals surface area contributed by atoms with E-state index in [0.717, 1.165) is 0 Å². The average molecular weight is 314 g/mol. The Bertz CT molecular complexity index is 706. The molecule has 1 N–H and O–H groups in total. The first-order chi connectivity index (χ1) is 11.0. The highest BCUT2D eigenvalue weighted by molar-refractivity contribution is 6.06. The summed E-state index contributed by atoms with van der Waals surface area (Å²) in [5.41, 5.74) is 0.947. The SMILES string of the molecule is O=C(Nc1ccc(F)cc1)C1=CC[C@H](N2C(=O)CCC2=O)C=C1. The summed E-state index contributed by atoms with van der Waals surface area (Å²) >= 11 is 0. The summed E-state index contributed by atoms with van der Waals surface area (Å²) in [7, 11) is 0. The average Bonchev–Trinajstić information content (AvgIpc) is 2.88. The summed E-state index contributed by atoms with van der Waals surface area (Å²) < 4.78 is 12.8. The van der Waals surface area contributed by atoms with Crippen molar-refractivity contribution in [3.63, 3.8) is 0 Å². The molecule has 2 aliphatic rings. The predicted molar refractivity (Wildman–Crippen MR) is 81.7 cm³/mol. The number of carbonyl (C=O) groups is 3. The second-order valence-corrected chi connectivity index (χ2v) is 5.44. The lowest BCUT2D eigenvalue weighted by Crippen LogP contribution is -2.38. The molecule has 23 heavy (non-hydrogen) atoms. The minimum atomic E-state index is -0.373. The fourth-order valence-electron chi connectivity index (χ4n) is 2.67. The van der Waals surface area contributed by atoms with Crippen molar-refractivity contribution in [2.75, 3.05) is 5.32 Å². The van der Waals surface area contributed by atoms with Crippen LogP contribution < -0.4 is 5.32 Å². The van der Waals surface area contributed by atoms with Crippen molar-refractivity contribution >= 4 is 23.4 Å². The second-order valence-electron chi connectivity index (χ2n) is 5.44. The van der Waals surface area contributed by atoms with Crippen molar-refractivity contribution < 1.29 is 18.8 Å². The summed E-state index contributed by atoms with van der Waals surface area (Å²) in [6, 6.07) is 5.16. The lowest BCUT2D eigenvalue weighted by molar-refractivity contribution is -0.139. The van der Waals surface area contributed by atoms with Gasteiger partial charge in [-0.2, -0.15) is 0 Å². The van der Waals surface area contributed by atoms with Crippen molar-refractivity contribution in [1.29, 1.82) is 0 Å². The molecule has 0 unspecified atom stereocenters. The molecule has 5 nitrogen and oxygen atoms in total. The van der Waals surface area contributed by atoms with E-state index in [1.54, 1.807) is 18.2 Å². The monoisotopic (exact) mass is 314 g/mol. The van der Waals surface area contributed by atoms with E-state index >= 15 is 0 Å². The fraction of sp³-hybridized carbons (Fsp3) is 0.235. The minimum Gasteiger partial charge on any atom is -0.322 e. The number of carbonyl (C=O) groups excluding carboxylic acids is 3. The Morgan fingerprint density at radius 2 is 1.78 bits per heavy atom. The molecule has 6 heteroatoms. The molecular formula is C17H15FN2O3. The van der Waals surface area contributed by atoms with Gasteiger partial charge in [0.25, 0.3) is 5.91 Å². The van der Waals surface area contributed by atoms with Gasteiger partial charge in [-0.3, -0.25) is 19.3 Å². The van der Waals surface area contributed by atoms with Gasteiger partial charge in [-0.1, -0.05) is 18.2 Å². The van der Waals surface area contributed by atoms with Gasteiger partial charge in [-0.15, -0.1) is 0 Å². The molecule has 3 amide bonds. The maximum Gasteiger partial charge on any atom is 0.255 e. The van der Waals surface area contributed by atoms with Crippen LogP contribution in [0.4, 0.5) is 10.1 Å². The Balaban J connectivity index is 1.64. The number of imide groups is 1. The quantitative estimate of drug-likeness (QED) is 0.870. The lowest BCUT2D eigenvalue weighted by Gasteiger charge is -2.24. The van der Waals surface area contributed by atoms with Gasteiger partial charge in [-0.25, -0.2) is 4.39 Å². The number of benzene rings is 1. The molecule has 0 radical (unpaired) electrons. The van der Waals surface area contributed by atoms with Gasteiger partial charge in [0.2, 0.25) is 11.8 Å². The number of nitrogens with zero attached hydrogens (tertiary/aromatic N) is 1. The zero-order valence-electron chi connectivity index (χ0n) is 12.3. The maximum absolute atomic E-state index is 12.8. The highest BCUT2D eigenvalue weighted by Crippen LogP contribution is 2.23. The van der Waals surface area contributed by atoms with E-state index in [9.17, 15) is 18.8 Å². The van der Waals surface area contributed by atoms with Crippen molar-refractivity contribution in [2.24, 2.45) is 0 Å². The first kappa shape index (κ1) is 15.1. The number of nitrogens with one attached hydrogen (secondary N) is 1. The number of rotatable bonds is 3. The van der Waals surface area contributed by atoms with Gasteiger partial charge in [0.05, 0.1) is 6.04 Å². The molecule has 118 valence electrons. The van der Waals surface area contributed by atoms with Crippen LogP contribution >= 0.6 is 0 Å². The molecule has 1 aliphatic heterocycles. The van der Waals surface area contributed by atoms with Gasteiger partial charge in [-0.05, 0) is 30.7 Å². The predicted octanol–water partition coefficient (Wildman–Crippen LogP) is 2.17. The Hall–Kier alpha value is -2.76. The third-order valence-electron chi connectivity index (χ3n) is 3.86. The Kier molecular flexibility index (Phi) is 4.06. The largest absolute Gasteiger partial charge is 0.322 e. The Labute approximate surface area is 132 Å². The topological polar surface area (TPSA) is 66.5 Å². The summed E-state index contributed by atoms with van der Waals surface area (Å²) in [5.74, 6) is -1.03. The smallest absolute Gasteiger partial charge is 0.255 e. The van der Waals surface area contributed by atoms with E-state index in [0.29, 0.717) is 17.7 Å². The molecule has 1 aromatic carbocycles. The summed E-state index contributed by atoms with van der Waals surface area (Å²) in [5, 5.41) is 2.67. The molecule has 1 aliphatic carbocycles. The number of amides is 3. The van der Waals surface area contributed by atoms with Gasteiger partial charge in [0.1, 0.15) is 5.82 Å². The minimum absolute atomic E-state index is 0.169. The molecule has 0 saturated carbocycles. The van der Waals surface area contributed by atoms with Gasteiger partial charge in [0, 0.05) is 24.1 Å². The third kappa shape index (κ3) is 3.21. The molecule has 3 rings (SSSR count). The molecule has 1 atom stereocenters. The lowest BCUT2D eigenvalue weighted by atomic mass is 10.0. The molecule has 1 saturated heterocycles. The van der Waals surface area contributed by atoms with E-state index in [-0.39, 0.29) is 42.4 Å². The van der Waals surface area contributed by atoms with E-state index < -0.39 is 0 Å². The van der Waals surface area contributed by atoms with E-state index in [2.05, 4.69) is 5.32 Å². The van der Waals surface area contributed by atoms with Gasteiger partial charge in [0.15, 0.2) is 0 Å². The van der Waals surface area contributed by atoms with Gasteiger partial charge >= 0.3 is 0 Å². The van der Waals surface area contributed by atoms with Crippen LogP contribution in [-0.4, -0.2) is 28.7 Å². The number of likely N-dealkylation sites (tertiary alicyclic amines) is 1. The number of halogens is 1. The zero-order chi connectivity index (χ0) is 16.4. The standard InChI is InChI=1S/C17H15FN2O3/c18-12-3-5-13(6-4-12)19-17(23)11-1-7-14(8-2-11)20-15(21)9-10-16(20)22/h1-7,14H,8-10H2,(H,19,23)/t14-/m1/s1. The van der Waals surface area contributed by atoms with Crippen LogP contribution in [0.3, 0.4) is 0 Å². The number of anilines is 1. The molecule has 1 heterocycles. The van der Waals surface area contributed by atoms with Crippen LogP contribution in [0.2, 0.25) is 0 Å². The molecular weight excluding hydrogens is 299 g/mol. The Morgan fingerprint density at radius 3 is 2.35 bits per heavy atom. The van der Waals surface area contributed by atoms with Crippen molar-refractivity contribution in [3.8, 4) is 0 Å². The number of hydrogen-bond donors (Lipinski definition) is 1. The van der Waals surface area contributed by atoms with Crippen molar-refractivity contribution in [3.05, 3.63) is 53.9 Å². The van der Waals surface area contributed by atoms with Crippen molar-refractivity contribution in [1.82, 2.24) is 4.90 Å². The summed E-state index contributed by atoms with van der Waals surface area (Å²) in [6.07, 6.45) is 5.92. The van der Waals surface area contributed by atoms with Gasteiger partial charge < -0.3 is 5.32 Å². The highest BCUT2D eigenvalue weighted by Gasteiger charge is 2.34. The molecule has 0 aromatic heterocycles. The second kappa shape index (κ2) is 6.16. The van der Waals surface area contributed by atoms with Crippen LogP contribution in [-0.2, 0) is 14.4 Å². The maximum atomic E-state index is 12.8. The van der Waals surface area contributed by atoms with Crippen LogP contribution in [0.25, 0.3) is 0 Å². The Morgan fingerprint density at radius 1 is 1.13 bits per heavy atom. The van der Waals surface area contributed by atoms with E-state index in [1.165, 1.54) is 29.2 Å². The van der Waals surface area contributed by atoms with E-state index in [4.69, 9.17) is 0 Å². The highest BCUT2D eigenvalue weighted by atomic mass is 19.1. The van der Waals surface area contributed by atoms with Crippen LogP contribution in [0.1, 0.15) is 19.3 Å². The summed E-state index contributed by atoms with van der Waals surface area (Å²) in [6.45, 7) is 0. The van der Waals surface area contributed by atoms with Crippen LogP contribution in [0.5, 0.6) is 0 Å². The molecule has 1 fully saturated rings. The number of hydrogen-bond acceptors (Lipinski definition) is 3.